The summed E-state index contributed by atoms with van der Waals surface area (Å²) in [7, 11) is 0. The lowest BCUT2D eigenvalue weighted by atomic mass is 9.91. The van der Waals surface area contributed by atoms with Crippen LogP contribution < -0.4 is 20.4 Å². The second-order valence-electron chi connectivity index (χ2n) is 8.87. The summed E-state index contributed by atoms with van der Waals surface area (Å²) in [6, 6.07) is 10.0. The fourth-order valence-corrected chi connectivity index (χ4v) is 4.99. The molecule has 0 spiro atoms. The van der Waals surface area contributed by atoms with Gasteiger partial charge in [0.2, 0.25) is 0 Å². The SMILES string of the molecule is C[C@@]1(c2ccc3c(c2)OCCO3)NC(=O)N(Cc2cc(=O)oc3cc4c(cc23)CCC4)C1=O. The molecule has 168 valence electrons. The van der Waals surface area contributed by atoms with Crippen molar-refractivity contribution in [1.29, 1.82) is 0 Å². The summed E-state index contributed by atoms with van der Waals surface area (Å²) in [4.78, 5) is 39.8. The van der Waals surface area contributed by atoms with E-state index in [1.54, 1.807) is 25.1 Å². The van der Waals surface area contributed by atoms with Gasteiger partial charge in [-0.05, 0) is 72.7 Å². The van der Waals surface area contributed by atoms with Crippen LogP contribution in [-0.2, 0) is 29.7 Å². The molecule has 8 heteroatoms. The van der Waals surface area contributed by atoms with Gasteiger partial charge in [-0.3, -0.25) is 9.69 Å². The highest BCUT2D eigenvalue weighted by Crippen LogP contribution is 2.37. The van der Waals surface area contributed by atoms with Gasteiger partial charge < -0.3 is 19.2 Å². The van der Waals surface area contributed by atoms with Crippen molar-refractivity contribution < 1.29 is 23.5 Å². The van der Waals surface area contributed by atoms with Crippen molar-refractivity contribution in [3.63, 3.8) is 0 Å². The monoisotopic (exact) mass is 446 g/mol. The van der Waals surface area contributed by atoms with Crippen LogP contribution in [0.4, 0.5) is 4.79 Å². The molecule has 3 amide bonds. The molecule has 3 aliphatic rings. The Morgan fingerprint density at radius 2 is 1.73 bits per heavy atom. The Bertz CT molecular complexity index is 1390. The van der Waals surface area contributed by atoms with Gasteiger partial charge in [0.25, 0.3) is 5.91 Å². The molecule has 2 aromatic carbocycles. The first kappa shape index (κ1) is 19.8. The maximum atomic E-state index is 13.5. The van der Waals surface area contributed by atoms with Crippen molar-refractivity contribution in [3.8, 4) is 11.5 Å². The number of hydrogen-bond acceptors (Lipinski definition) is 6. The second-order valence-corrected chi connectivity index (χ2v) is 8.87. The Labute approximate surface area is 189 Å². The number of ether oxygens (including phenoxy) is 2. The number of nitrogens with zero attached hydrogens (tertiary/aromatic N) is 1. The molecule has 1 fully saturated rings. The van der Waals surface area contributed by atoms with Gasteiger partial charge in [0.1, 0.15) is 24.3 Å². The topological polar surface area (TPSA) is 98.1 Å². The van der Waals surface area contributed by atoms with E-state index in [4.69, 9.17) is 13.9 Å². The van der Waals surface area contributed by atoms with Crippen LogP contribution in [0.1, 0.15) is 35.6 Å². The van der Waals surface area contributed by atoms with Crippen LogP contribution >= 0.6 is 0 Å². The van der Waals surface area contributed by atoms with E-state index in [0.717, 1.165) is 29.5 Å². The highest BCUT2D eigenvalue weighted by molar-refractivity contribution is 6.07. The second kappa shape index (κ2) is 7.10. The maximum absolute atomic E-state index is 13.5. The van der Waals surface area contributed by atoms with Crippen molar-refractivity contribution in [2.45, 2.75) is 38.3 Å². The fraction of sp³-hybridized carbons (Fsp3) is 0.320. The van der Waals surface area contributed by atoms with Crippen LogP contribution in [0.3, 0.4) is 0 Å². The largest absolute Gasteiger partial charge is 0.486 e. The number of fused-ring (bicyclic) bond motifs is 3. The summed E-state index contributed by atoms with van der Waals surface area (Å²) in [5, 5.41) is 3.57. The summed E-state index contributed by atoms with van der Waals surface area (Å²) < 4.78 is 16.6. The Morgan fingerprint density at radius 1 is 0.970 bits per heavy atom. The van der Waals surface area contributed by atoms with E-state index in [-0.39, 0.29) is 6.54 Å². The summed E-state index contributed by atoms with van der Waals surface area (Å²) >= 11 is 0. The Kier molecular flexibility index (Phi) is 4.27. The normalized spacial score (nSPS) is 21.4. The molecule has 2 aliphatic heterocycles. The zero-order valence-electron chi connectivity index (χ0n) is 18.1. The molecule has 1 atom stereocenters. The molecule has 0 saturated carbocycles. The number of imide groups is 1. The highest BCUT2D eigenvalue weighted by atomic mass is 16.6. The third-order valence-electron chi connectivity index (χ3n) is 6.77. The first-order valence-electron chi connectivity index (χ1n) is 11.1. The number of urea groups is 1. The lowest BCUT2D eigenvalue weighted by Gasteiger charge is -2.25. The molecule has 1 aromatic heterocycles. The standard InChI is InChI=1S/C25H22N2O6/c1-25(17-5-6-19-21(12-17)32-8-7-31-19)23(29)27(24(30)26-25)13-16-11-22(28)33-20-10-15-4-2-3-14(15)9-18(16)20/h5-6,9-12H,2-4,7-8,13H2,1H3,(H,26,30)/t25-/m0/s1. The van der Waals surface area contributed by atoms with Crippen LogP contribution in [0, 0.1) is 0 Å². The van der Waals surface area contributed by atoms with Gasteiger partial charge in [-0.25, -0.2) is 9.59 Å². The number of nitrogens with one attached hydrogen (secondary N) is 1. The number of amides is 3. The average Bonchev–Trinajstić information content (AvgIpc) is 3.35. The molecule has 6 rings (SSSR count). The van der Waals surface area contributed by atoms with E-state index in [0.29, 0.717) is 41.4 Å². The van der Waals surface area contributed by atoms with Gasteiger partial charge in [0.15, 0.2) is 11.5 Å². The zero-order valence-corrected chi connectivity index (χ0v) is 18.1. The van der Waals surface area contributed by atoms with Gasteiger partial charge in [0, 0.05) is 11.5 Å². The van der Waals surface area contributed by atoms with Gasteiger partial charge in [-0.15, -0.1) is 0 Å². The highest BCUT2D eigenvalue weighted by Gasteiger charge is 2.49. The van der Waals surface area contributed by atoms with E-state index < -0.39 is 23.1 Å². The minimum Gasteiger partial charge on any atom is -0.486 e. The van der Waals surface area contributed by atoms with E-state index in [9.17, 15) is 14.4 Å². The number of rotatable bonds is 3. The minimum absolute atomic E-state index is 0.0221. The fourth-order valence-electron chi connectivity index (χ4n) is 4.99. The summed E-state index contributed by atoms with van der Waals surface area (Å²) in [5.41, 5.74) is 2.31. The molecule has 3 aromatic rings. The smallest absolute Gasteiger partial charge is 0.336 e. The molecular formula is C25H22N2O6. The van der Waals surface area contributed by atoms with Crippen molar-refractivity contribution in [2.24, 2.45) is 0 Å². The first-order chi connectivity index (χ1) is 15.9. The van der Waals surface area contributed by atoms with E-state index >= 15 is 0 Å². The lowest BCUT2D eigenvalue weighted by Crippen LogP contribution is -2.41. The van der Waals surface area contributed by atoms with Crippen molar-refractivity contribution in [1.82, 2.24) is 10.2 Å². The Morgan fingerprint density at radius 3 is 2.55 bits per heavy atom. The quantitative estimate of drug-likeness (QED) is 0.491. The number of hydrogen-bond donors (Lipinski definition) is 1. The third kappa shape index (κ3) is 3.08. The predicted octanol–water partition coefficient (Wildman–Crippen LogP) is 3.02. The summed E-state index contributed by atoms with van der Waals surface area (Å²) in [6.07, 6.45) is 2.99. The zero-order chi connectivity index (χ0) is 22.7. The van der Waals surface area contributed by atoms with E-state index in [2.05, 4.69) is 5.32 Å². The third-order valence-corrected chi connectivity index (χ3v) is 6.77. The van der Waals surface area contributed by atoms with Gasteiger partial charge in [-0.1, -0.05) is 6.07 Å². The van der Waals surface area contributed by atoms with Crippen LogP contribution in [0.5, 0.6) is 11.5 Å². The maximum Gasteiger partial charge on any atom is 0.336 e. The Balaban J connectivity index is 1.36. The molecule has 1 aliphatic carbocycles. The van der Waals surface area contributed by atoms with Gasteiger partial charge in [0.05, 0.1) is 6.54 Å². The Hall–Kier alpha value is -3.81. The van der Waals surface area contributed by atoms with E-state index in [1.165, 1.54) is 17.2 Å². The van der Waals surface area contributed by atoms with Crippen LogP contribution in [0.2, 0.25) is 0 Å². The van der Waals surface area contributed by atoms with Crippen molar-refractivity contribution >= 4 is 22.9 Å². The minimum atomic E-state index is -1.26. The summed E-state index contributed by atoms with van der Waals surface area (Å²) in [6.45, 7) is 2.54. The molecule has 0 bridgehead atoms. The van der Waals surface area contributed by atoms with Crippen LogP contribution in [0.25, 0.3) is 11.0 Å². The number of aryl methyl sites for hydroxylation is 2. The summed E-state index contributed by atoms with van der Waals surface area (Å²) in [5.74, 6) is 0.755. The van der Waals surface area contributed by atoms with E-state index in [1.807, 2.05) is 12.1 Å². The predicted molar refractivity (Wildman–Crippen MR) is 118 cm³/mol. The molecule has 1 N–H and O–H groups in total. The van der Waals surface area contributed by atoms with Crippen molar-refractivity contribution in [2.75, 3.05) is 13.2 Å². The number of carbonyl (C=O) groups excluding carboxylic acids is 2. The van der Waals surface area contributed by atoms with Gasteiger partial charge >= 0.3 is 11.7 Å². The number of benzene rings is 2. The average molecular weight is 446 g/mol. The molecule has 3 heterocycles. The van der Waals surface area contributed by atoms with Gasteiger partial charge in [-0.2, -0.15) is 0 Å². The molecular weight excluding hydrogens is 424 g/mol. The lowest BCUT2D eigenvalue weighted by molar-refractivity contribution is -0.131. The molecule has 33 heavy (non-hydrogen) atoms. The molecule has 0 unspecified atom stereocenters. The molecule has 1 saturated heterocycles. The molecule has 8 nitrogen and oxygen atoms in total. The molecule has 0 radical (unpaired) electrons. The number of carbonyl (C=O) groups is 2. The van der Waals surface area contributed by atoms with Crippen LogP contribution in [-0.4, -0.2) is 30.1 Å². The van der Waals surface area contributed by atoms with Crippen LogP contribution in [0.15, 0.2) is 45.6 Å². The van der Waals surface area contributed by atoms with Crippen molar-refractivity contribution in [3.05, 3.63) is 69.1 Å². The first-order valence-corrected chi connectivity index (χ1v) is 11.1.